The minimum atomic E-state index is 0.410. The SMILES string of the molecule is CNC1Cc2ccccc2C([SiH3])N1NC.c1ccc2c(c1)CCNC2. The van der Waals surface area contributed by atoms with Crippen molar-refractivity contribution in [2.75, 3.05) is 20.6 Å². The molecular weight excluding hydrogens is 324 g/mol. The summed E-state index contributed by atoms with van der Waals surface area (Å²) in [4.78, 5) is 0. The number of hydrazine groups is 1. The van der Waals surface area contributed by atoms with Crippen LogP contribution in [0.4, 0.5) is 0 Å². The summed E-state index contributed by atoms with van der Waals surface area (Å²) in [5.41, 5.74) is 9.82. The molecule has 4 rings (SSSR count). The Morgan fingerprint density at radius 1 is 1.00 bits per heavy atom. The molecule has 134 valence electrons. The third-order valence-corrected chi connectivity index (χ3v) is 6.45. The molecule has 0 aromatic heterocycles. The number of likely N-dealkylation sites (N-methyl/N-ethyl adjacent to an activating group) is 1. The minimum Gasteiger partial charge on any atom is -0.312 e. The Morgan fingerprint density at radius 2 is 1.68 bits per heavy atom. The largest absolute Gasteiger partial charge is 0.312 e. The van der Waals surface area contributed by atoms with Gasteiger partial charge in [0.1, 0.15) is 0 Å². The maximum absolute atomic E-state index is 3.36. The zero-order valence-electron chi connectivity index (χ0n) is 15.5. The molecule has 2 unspecified atom stereocenters. The van der Waals surface area contributed by atoms with Crippen molar-refractivity contribution in [2.45, 2.75) is 31.2 Å². The molecule has 0 saturated heterocycles. The highest BCUT2D eigenvalue weighted by Gasteiger charge is 2.29. The van der Waals surface area contributed by atoms with E-state index >= 15 is 0 Å². The number of benzene rings is 2. The molecule has 2 heterocycles. The van der Waals surface area contributed by atoms with Crippen LogP contribution in [0.3, 0.4) is 0 Å². The fraction of sp³-hybridized carbons (Fsp3) is 0.400. The van der Waals surface area contributed by atoms with Crippen molar-refractivity contribution in [3.05, 3.63) is 70.8 Å². The van der Waals surface area contributed by atoms with Gasteiger partial charge in [-0.2, -0.15) is 0 Å². The van der Waals surface area contributed by atoms with E-state index in [4.69, 9.17) is 0 Å². The molecule has 0 fully saturated rings. The molecule has 0 spiro atoms. The fourth-order valence-electron chi connectivity index (χ4n) is 3.86. The summed E-state index contributed by atoms with van der Waals surface area (Å²) in [5.74, 6) is 0. The van der Waals surface area contributed by atoms with Crippen LogP contribution in [0.5, 0.6) is 0 Å². The second-order valence-electron chi connectivity index (χ2n) is 6.71. The molecule has 3 N–H and O–H groups in total. The third-order valence-electron chi connectivity index (χ3n) is 5.27. The summed E-state index contributed by atoms with van der Waals surface area (Å²) in [6, 6.07) is 17.4. The third kappa shape index (κ3) is 4.19. The van der Waals surface area contributed by atoms with E-state index in [1.54, 1.807) is 0 Å². The molecule has 5 heteroatoms. The van der Waals surface area contributed by atoms with Gasteiger partial charge in [0.25, 0.3) is 0 Å². The van der Waals surface area contributed by atoms with E-state index in [9.17, 15) is 0 Å². The van der Waals surface area contributed by atoms with Crippen LogP contribution < -0.4 is 16.1 Å². The predicted octanol–water partition coefficient (Wildman–Crippen LogP) is 0.921. The Kier molecular flexibility index (Phi) is 6.39. The van der Waals surface area contributed by atoms with Crippen molar-refractivity contribution in [1.29, 1.82) is 0 Å². The lowest BCUT2D eigenvalue weighted by Gasteiger charge is -2.41. The normalized spacial score (nSPS) is 22.5. The summed E-state index contributed by atoms with van der Waals surface area (Å²) in [6.45, 7) is 2.19. The van der Waals surface area contributed by atoms with E-state index in [0.29, 0.717) is 11.8 Å². The summed E-state index contributed by atoms with van der Waals surface area (Å²) in [6.07, 6.45) is 2.68. The van der Waals surface area contributed by atoms with E-state index in [0.717, 1.165) is 29.8 Å². The summed E-state index contributed by atoms with van der Waals surface area (Å²) >= 11 is 0. The molecule has 2 aliphatic rings. The molecule has 25 heavy (non-hydrogen) atoms. The standard InChI is InChI=1S/C11H19N3Si.C9H11N/c1-12-10-7-8-5-3-4-6-9(8)11(15)14(10)13-2;1-2-4-9-7-10-6-5-8(9)3-1/h3-6,10-13H,7H2,1-2,15H3;1-4,10H,5-7H2. The lowest BCUT2D eigenvalue weighted by molar-refractivity contribution is 0.0885. The van der Waals surface area contributed by atoms with Gasteiger partial charge in [-0.15, -0.1) is 0 Å². The van der Waals surface area contributed by atoms with Crippen LogP contribution in [0, 0.1) is 0 Å². The molecule has 2 aromatic carbocycles. The van der Waals surface area contributed by atoms with Crippen LogP contribution in [0.25, 0.3) is 0 Å². The van der Waals surface area contributed by atoms with E-state index < -0.39 is 0 Å². The number of fused-ring (bicyclic) bond motifs is 2. The average molecular weight is 355 g/mol. The zero-order valence-corrected chi connectivity index (χ0v) is 17.5. The van der Waals surface area contributed by atoms with Crippen molar-refractivity contribution in [1.82, 2.24) is 21.1 Å². The second-order valence-corrected chi connectivity index (χ2v) is 7.80. The molecule has 0 radical (unpaired) electrons. The maximum Gasteiger partial charge on any atom is 0.0774 e. The van der Waals surface area contributed by atoms with Crippen LogP contribution in [-0.4, -0.2) is 42.1 Å². The first kappa shape index (κ1) is 18.3. The molecule has 2 atom stereocenters. The first-order valence-electron chi connectivity index (χ1n) is 9.23. The summed E-state index contributed by atoms with van der Waals surface area (Å²) in [5, 5.41) is 9.03. The van der Waals surface area contributed by atoms with E-state index in [2.05, 4.69) is 69.6 Å². The highest BCUT2D eigenvalue weighted by atomic mass is 28.1. The van der Waals surface area contributed by atoms with Crippen LogP contribution >= 0.6 is 0 Å². The van der Waals surface area contributed by atoms with Crippen molar-refractivity contribution in [3.8, 4) is 0 Å². The van der Waals surface area contributed by atoms with Gasteiger partial charge in [0.2, 0.25) is 0 Å². The average Bonchev–Trinajstić information content (AvgIpc) is 2.68. The van der Waals surface area contributed by atoms with Gasteiger partial charge in [-0.25, -0.2) is 5.01 Å². The van der Waals surface area contributed by atoms with E-state index in [1.807, 2.05) is 14.1 Å². The Labute approximate surface area is 154 Å². The van der Waals surface area contributed by atoms with Crippen molar-refractivity contribution < 1.29 is 0 Å². The highest BCUT2D eigenvalue weighted by Crippen LogP contribution is 2.28. The van der Waals surface area contributed by atoms with Gasteiger partial charge in [0.15, 0.2) is 0 Å². The quantitative estimate of drug-likeness (QED) is 0.702. The van der Waals surface area contributed by atoms with Gasteiger partial charge in [0.05, 0.1) is 6.17 Å². The van der Waals surface area contributed by atoms with Crippen molar-refractivity contribution in [2.24, 2.45) is 0 Å². The van der Waals surface area contributed by atoms with E-state index in [1.165, 1.54) is 28.7 Å². The van der Waals surface area contributed by atoms with E-state index in [-0.39, 0.29) is 0 Å². The maximum atomic E-state index is 3.36. The first-order chi connectivity index (χ1) is 12.2. The summed E-state index contributed by atoms with van der Waals surface area (Å²) < 4.78 is 0. The Hall–Kier alpha value is -1.50. The molecular formula is C20H30N4Si. The number of nitrogens with zero attached hydrogens (tertiary/aromatic N) is 1. The first-order valence-corrected chi connectivity index (χ1v) is 10.4. The molecule has 0 saturated carbocycles. The van der Waals surface area contributed by atoms with Gasteiger partial charge >= 0.3 is 0 Å². The molecule has 2 aliphatic heterocycles. The number of nitrogens with one attached hydrogen (secondary N) is 3. The zero-order chi connectivity index (χ0) is 17.6. The molecule has 0 bridgehead atoms. The monoisotopic (exact) mass is 354 g/mol. The van der Waals surface area contributed by atoms with Gasteiger partial charge in [-0.1, -0.05) is 48.5 Å². The summed E-state index contributed by atoms with van der Waals surface area (Å²) in [7, 11) is 5.16. The number of rotatable bonds is 2. The Bertz CT molecular complexity index is 666. The topological polar surface area (TPSA) is 39.3 Å². The predicted molar refractivity (Wildman–Crippen MR) is 108 cm³/mol. The van der Waals surface area contributed by atoms with Crippen LogP contribution in [-0.2, 0) is 19.4 Å². The van der Waals surface area contributed by atoms with Crippen LogP contribution in [0.1, 0.15) is 27.9 Å². The molecule has 0 aliphatic carbocycles. The number of hydrogen-bond donors (Lipinski definition) is 3. The van der Waals surface area contributed by atoms with Crippen LogP contribution in [0.2, 0.25) is 0 Å². The van der Waals surface area contributed by atoms with Crippen molar-refractivity contribution >= 4 is 10.2 Å². The van der Waals surface area contributed by atoms with Gasteiger partial charge in [0, 0.05) is 28.9 Å². The molecule has 4 nitrogen and oxygen atoms in total. The highest BCUT2D eigenvalue weighted by molar-refractivity contribution is 6.12. The minimum absolute atomic E-state index is 0.410. The lowest BCUT2D eigenvalue weighted by Crippen LogP contribution is -2.55. The fourth-order valence-corrected chi connectivity index (χ4v) is 5.05. The molecule has 0 amide bonds. The second kappa shape index (κ2) is 8.74. The Balaban J connectivity index is 0.000000157. The molecule has 2 aromatic rings. The number of hydrogen-bond acceptors (Lipinski definition) is 4. The van der Waals surface area contributed by atoms with Gasteiger partial charge in [-0.05, 0) is 49.3 Å². The van der Waals surface area contributed by atoms with Crippen molar-refractivity contribution in [3.63, 3.8) is 0 Å². The van der Waals surface area contributed by atoms with Gasteiger partial charge in [-0.3, -0.25) is 5.43 Å². The Morgan fingerprint density at radius 3 is 2.36 bits per heavy atom. The van der Waals surface area contributed by atoms with Crippen LogP contribution in [0.15, 0.2) is 48.5 Å². The lowest BCUT2D eigenvalue weighted by atomic mass is 9.98. The van der Waals surface area contributed by atoms with Gasteiger partial charge < -0.3 is 10.6 Å². The smallest absolute Gasteiger partial charge is 0.0774 e.